The molecule has 1 aromatic rings. The Morgan fingerprint density at radius 2 is 2.20 bits per heavy atom. The van der Waals surface area contributed by atoms with Crippen molar-refractivity contribution in [2.45, 2.75) is 26.6 Å². The highest BCUT2D eigenvalue weighted by molar-refractivity contribution is 6.06. The lowest BCUT2D eigenvalue weighted by atomic mass is 10.1. The van der Waals surface area contributed by atoms with Gasteiger partial charge in [0.25, 0.3) is 5.91 Å². The highest BCUT2D eigenvalue weighted by Gasteiger charge is 2.31. The van der Waals surface area contributed by atoms with Crippen molar-refractivity contribution in [1.29, 1.82) is 0 Å². The number of hydrogen-bond donors (Lipinski definition) is 1. The van der Waals surface area contributed by atoms with Crippen LogP contribution in [0, 0.1) is 0 Å². The summed E-state index contributed by atoms with van der Waals surface area (Å²) < 4.78 is 37.5. The Hall–Kier alpha value is -2.10. The lowest BCUT2D eigenvalue weighted by Gasteiger charge is -2.15. The van der Waals surface area contributed by atoms with Crippen LogP contribution < -0.4 is 5.32 Å². The summed E-state index contributed by atoms with van der Waals surface area (Å²) in [5.41, 5.74) is 0.833. The van der Waals surface area contributed by atoms with Gasteiger partial charge in [0.15, 0.2) is 0 Å². The quantitative estimate of drug-likeness (QED) is 0.919. The summed E-state index contributed by atoms with van der Waals surface area (Å²) >= 11 is 0. The molecule has 0 radical (unpaired) electrons. The molecule has 2 rings (SSSR count). The van der Waals surface area contributed by atoms with Gasteiger partial charge in [-0.15, -0.1) is 0 Å². The molecule has 0 saturated heterocycles. The van der Waals surface area contributed by atoms with Gasteiger partial charge in [0, 0.05) is 19.0 Å². The van der Waals surface area contributed by atoms with Crippen LogP contribution >= 0.6 is 0 Å². The van der Waals surface area contributed by atoms with E-state index in [2.05, 4.69) is 5.32 Å². The van der Waals surface area contributed by atoms with E-state index in [9.17, 15) is 9.59 Å². The van der Waals surface area contributed by atoms with E-state index in [1.807, 2.05) is 30.3 Å². The Morgan fingerprint density at radius 1 is 1.45 bits per heavy atom. The van der Waals surface area contributed by atoms with Gasteiger partial charge in [-0.1, -0.05) is 37.2 Å². The van der Waals surface area contributed by atoms with Gasteiger partial charge < -0.3 is 5.32 Å². The summed E-state index contributed by atoms with van der Waals surface area (Å²) in [4.78, 5) is 25.5. The van der Waals surface area contributed by atoms with E-state index < -0.39 is 30.7 Å². The smallest absolute Gasteiger partial charge is 0.324 e. The number of imide groups is 1. The first-order valence-corrected chi connectivity index (χ1v) is 6.39. The molecule has 0 fully saturated rings. The maximum atomic E-state index is 12.4. The minimum Gasteiger partial charge on any atom is -0.337 e. The molecule has 0 aromatic heterocycles. The normalized spacial score (nSPS) is 19.9. The Morgan fingerprint density at radius 3 is 2.90 bits per heavy atom. The van der Waals surface area contributed by atoms with Crippen molar-refractivity contribution in [2.24, 2.45) is 0 Å². The summed E-state index contributed by atoms with van der Waals surface area (Å²) in [6.07, 6.45) is -2.21. The molecule has 3 amide bonds. The van der Waals surface area contributed by atoms with Crippen LogP contribution in [0.4, 0.5) is 4.79 Å². The van der Waals surface area contributed by atoms with Crippen molar-refractivity contribution in [3.05, 3.63) is 47.0 Å². The highest BCUT2D eigenvalue weighted by atomic mass is 16.2. The van der Waals surface area contributed by atoms with Gasteiger partial charge in [-0.2, -0.15) is 0 Å². The van der Waals surface area contributed by atoms with Crippen molar-refractivity contribution < 1.29 is 16.4 Å². The Labute approximate surface area is 126 Å². The summed E-state index contributed by atoms with van der Waals surface area (Å²) in [7, 11) is 0. The van der Waals surface area contributed by atoms with Crippen LogP contribution in [-0.2, 0) is 11.2 Å². The summed E-state index contributed by atoms with van der Waals surface area (Å²) in [5.74, 6) is -0.893. The minimum absolute atomic E-state index is 0.110. The predicted octanol–water partition coefficient (Wildman–Crippen LogP) is 2.51. The van der Waals surface area contributed by atoms with Crippen molar-refractivity contribution >= 4 is 11.9 Å². The van der Waals surface area contributed by atoms with E-state index in [1.165, 1.54) is 6.92 Å². The Kier molecular flexibility index (Phi) is 2.85. The first-order valence-electron chi connectivity index (χ1n) is 8.89. The fraction of sp³-hybridized carbons (Fsp3) is 0.375. The third kappa shape index (κ3) is 3.07. The Balaban J connectivity index is 2.01. The van der Waals surface area contributed by atoms with Gasteiger partial charge in [-0.25, -0.2) is 4.79 Å². The molecule has 1 heterocycles. The van der Waals surface area contributed by atoms with Crippen LogP contribution in [0.15, 0.2) is 41.5 Å². The average molecular weight is 277 g/mol. The second kappa shape index (κ2) is 6.37. The predicted molar refractivity (Wildman–Crippen MR) is 78.2 cm³/mol. The lowest BCUT2D eigenvalue weighted by molar-refractivity contribution is -0.123. The van der Waals surface area contributed by atoms with Crippen LogP contribution in [0.25, 0.3) is 0 Å². The molecule has 106 valence electrons. The average Bonchev–Trinajstić information content (AvgIpc) is 2.82. The monoisotopic (exact) mass is 277 g/mol. The molecule has 1 N–H and O–H groups in total. The maximum Gasteiger partial charge on any atom is 0.324 e. The van der Waals surface area contributed by atoms with Gasteiger partial charge >= 0.3 is 6.03 Å². The van der Waals surface area contributed by atoms with Gasteiger partial charge in [0.2, 0.25) is 0 Å². The molecule has 0 saturated carbocycles. The lowest BCUT2D eigenvalue weighted by Crippen LogP contribution is -2.42. The zero-order chi connectivity index (χ0) is 18.8. The van der Waals surface area contributed by atoms with E-state index >= 15 is 0 Å². The van der Waals surface area contributed by atoms with Gasteiger partial charge in [-0.05, 0) is 30.9 Å². The number of nitrogens with one attached hydrogen (secondary N) is 1. The van der Waals surface area contributed by atoms with Crippen molar-refractivity contribution in [1.82, 2.24) is 10.2 Å². The highest BCUT2D eigenvalue weighted by Crippen LogP contribution is 2.21. The van der Waals surface area contributed by atoms with Crippen LogP contribution in [-0.4, -0.2) is 29.9 Å². The molecule has 4 nitrogen and oxygen atoms in total. The van der Waals surface area contributed by atoms with Crippen LogP contribution in [0.1, 0.15) is 32.6 Å². The molecule has 1 aliphatic rings. The Bertz CT molecular complexity index is 698. The number of rotatable bonds is 4. The first-order chi connectivity index (χ1) is 11.6. The molecule has 1 aliphatic heterocycles. The van der Waals surface area contributed by atoms with Crippen molar-refractivity contribution in [3.63, 3.8) is 0 Å². The molecule has 0 aliphatic carbocycles. The SMILES string of the molecule is [2H]C([2H])([2H])C([2H])([2H])C1=C(C)CN(C(=O)NCCc2ccccc2)C1=O. The zero-order valence-electron chi connectivity index (χ0n) is 16.3. The standard InChI is InChI=1S/C16H20N2O2/c1-3-14-12(2)11-18(15(14)19)16(20)17-10-9-13-7-5-4-6-8-13/h4-8H,3,9-11H2,1-2H3,(H,17,20)/i1D3,3D2. The molecular formula is C16H20N2O2. The summed E-state index contributed by atoms with van der Waals surface area (Å²) in [5, 5.41) is 2.61. The number of carbonyl (C=O) groups is 2. The van der Waals surface area contributed by atoms with E-state index in [0.29, 0.717) is 13.0 Å². The molecule has 0 spiro atoms. The topological polar surface area (TPSA) is 49.4 Å². The number of nitrogens with zero attached hydrogens (tertiary/aromatic N) is 1. The van der Waals surface area contributed by atoms with Crippen molar-refractivity contribution in [3.8, 4) is 0 Å². The maximum absolute atomic E-state index is 12.4. The number of hydrogen-bond acceptors (Lipinski definition) is 2. The van der Waals surface area contributed by atoms with Crippen LogP contribution in [0.3, 0.4) is 0 Å². The third-order valence-electron chi connectivity index (χ3n) is 3.18. The summed E-state index contributed by atoms with van der Waals surface area (Å²) in [6.45, 7) is -1.32. The van der Waals surface area contributed by atoms with Gasteiger partial charge in [-0.3, -0.25) is 9.69 Å². The molecular weight excluding hydrogens is 252 g/mol. The van der Waals surface area contributed by atoms with Crippen LogP contribution in [0.5, 0.6) is 0 Å². The van der Waals surface area contributed by atoms with E-state index in [4.69, 9.17) is 6.85 Å². The van der Waals surface area contributed by atoms with E-state index in [0.717, 1.165) is 10.5 Å². The van der Waals surface area contributed by atoms with Gasteiger partial charge in [0.05, 0.1) is 6.54 Å². The largest absolute Gasteiger partial charge is 0.337 e. The molecule has 0 bridgehead atoms. The van der Waals surface area contributed by atoms with E-state index in [1.54, 1.807) is 0 Å². The number of carbonyl (C=O) groups excluding carboxylic acids is 2. The summed E-state index contributed by atoms with van der Waals surface area (Å²) in [6, 6.07) is 8.84. The second-order valence-corrected chi connectivity index (χ2v) is 4.64. The molecule has 0 atom stereocenters. The molecule has 1 aromatic carbocycles. The number of urea groups is 1. The van der Waals surface area contributed by atoms with Gasteiger partial charge in [0.1, 0.15) is 0 Å². The molecule has 4 heteroatoms. The fourth-order valence-corrected chi connectivity index (χ4v) is 2.08. The second-order valence-electron chi connectivity index (χ2n) is 4.64. The molecule has 20 heavy (non-hydrogen) atoms. The fourth-order valence-electron chi connectivity index (χ4n) is 2.08. The van der Waals surface area contributed by atoms with Crippen molar-refractivity contribution in [2.75, 3.05) is 13.1 Å². The zero-order valence-corrected chi connectivity index (χ0v) is 11.3. The van der Waals surface area contributed by atoms with E-state index in [-0.39, 0.29) is 12.1 Å². The number of benzene rings is 1. The van der Waals surface area contributed by atoms with Crippen LogP contribution in [0.2, 0.25) is 0 Å². The third-order valence-corrected chi connectivity index (χ3v) is 3.18. The molecule has 0 unspecified atom stereocenters. The first kappa shape index (κ1) is 8.95. The number of amides is 3. The minimum atomic E-state index is -2.99.